The summed E-state index contributed by atoms with van der Waals surface area (Å²) >= 11 is 11.9. The maximum atomic E-state index is 12.4. The van der Waals surface area contributed by atoms with Crippen LogP contribution in [0.15, 0.2) is 18.2 Å². The molecule has 0 bridgehead atoms. The zero-order valence-electron chi connectivity index (χ0n) is 16.0. The molecule has 0 radical (unpaired) electrons. The summed E-state index contributed by atoms with van der Waals surface area (Å²) in [6.45, 7) is 7.04. The monoisotopic (exact) mass is 416 g/mol. The first kappa shape index (κ1) is 23.2. The number of halogens is 2. The van der Waals surface area contributed by atoms with E-state index in [1.165, 1.54) is 18.2 Å². The fourth-order valence-corrected chi connectivity index (χ4v) is 2.93. The first-order valence-corrected chi connectivity index (χ1v) is 9.63. The van der Waals surface area contributed by atoms with E-state index in [-0.39, 0.29) is 28.5 Å². The number of rotatable bonds is 9. The van der Waals surface area contributed by atoms with E-state index in [0.29, 0.717) is 5.02 Å². The summed E-state index contributed by atoms with van der Waals surface area (Å²) in [4.78, 5) is 36.6. The topological polar surface area (TPSA) is 84.5 Å². The second-order valence-corrected chi connectivity index (χ2v) is 7.53. The molecule has 0 unspecified atom stereocenters. The molecular weight excluding hydrogens is 391 g/mol. The molecule has 27 heavy (non-hydrogen) atoms. The molecule has 0 saturated heterocycles. The minimum absolute atomic E-state index is 0.00819. The molecule has 0 aliphatic heterocycles. The van der Waals surface area contributed by atoms with Gasteiger partial charge in [0.2, 0.25) is 0 Å². The highest BCUT2D eigenvalue weighted by Gasteiger charge is 2.27. The zero-order chi connectivity index (χ0) is 20.6. The summed E-state index contributed by atoms with van der Waals surface area (Å²) in [5.41, 5.74) is 0.200. The average Bonchev–Trinajstić information content (AvgIpc) is 2.57. The summed E-state index contributed by atoms with van der Waals surface area (Å²) in [5.74, 6) is -1.82. The van der Waals surface area contributed by atoms with Crippen molar-refractivity contribution in [3.63, 3.8) is 0 Å². The molecule has 2 atom stereocenters. The van der Waals surface area contributed by atoms with Gasteiger partial charge in [-0.1, -0.05) is 50.4 Å². The van der Waals surface area contributed by atoms with Crippen LogP contribution in [0, 0.1) is 5.92 Å². The fourth-order valence-electron chi connectivity index (χ4n) is 2.44. The van der Waals surface area contributed by atoms with Gasteiger partial charge in [-0.15, -0.1) is 0 Å². The predicted octanol–water partition coefficient (Wildman–Crippen LogP) is 3.60. The lowest BCUT2D eigenvalue weighted by molar-refractivity contribution is -0.151. The van der Waals surface area contributed by atoms with Crippen LogP contribution in [0.1, 0.15) is 50.9 Å². The summed E-state index contributed by atoms with van der Waals surface area (Å²) < 4.78 is 5.07. The Hall–Kier alpha value is -1.79. The first-order valence-electron chi connectivity index (χ1n) is 8.87. The zero-order valence-corrected chi connectivity index (χ0v) is 17.5. The third-order valence-corrected chi connectivity index (χ3v) is 4.41. The first-order chi connectivity index (χ1) is 12.6. The lowest BCUT2D eigenvalue weighted by Crippen LogP contribution is -2.46. The smallest absolute Gasteiger partial charge is 0.329 e. The summed E-state index contributed by atoms with van der Waals surface area (Å²) in [7, 11) is 0. The van der Waals surface area contributed by atoms with Crippen molar-refractivity contribution in [2.24, 2.45) is 5.92 Å². The lowest BCUT2D eigenvalue weighted by Gasteiger charge is -2.21. The van der Waals surface area contributed by atoms with E-state index in [1.807, 2.05) is 13.8 Å². The van der Waals surface area contributed by atoms with E-state index in [2.05, 4.69) is 10.6 Å². The van der Waals surface area contributed by atoms with Gasteiger partial charge in [0.15, 0.2) is 6.61 Å². The number of hydrogen-bond acceptors (Lipinski definition) is 4. The lowest BCUT2D eigenvalue weighted by atomic mass is 10.0. The van der Waals surface area contributed by atoms with Crippen molar-refractivity contribution < 1.29 is 19.1 Å². The molecule has 0 fully saturated rings. The van der Waals surface area contributed by atoms with Crippen LogP contribution in [-0.4, -0.2) is 36.5 Å². The van der Waals surface area contributed by atoms with Crippen LogP contribution in [0.3, 0.4) is 0 Å². The molecule has 2 N–H and O–H groups in total. The standard InChI is InChI=1S/C19H26Cl2N2O4/c1-5-6-12(4)22-16(24)10-27-19(26)17(11(2)3)23-18(25)14-8-7-13(20)9-15(14)21/h7-9,11-12,17H,5-6,10H2,1-4H3,(H,22,24)(H,23,25)/t12-,17+/m1/s1. The number of carbonyl (C=O) groups excluding carboxylic acids is 3. The van der Waals surface area contributed by atoms with Crippen molar-refractivity contribution in [3.8, 4) is 0 Å². The minimum Gasteiger partial charge on any atom is -0.454 e. The number of carbonyl (C=O) groups is 3. The van der Waals surface area contributed by atoms with Crippen LogP contribution in [-0.2, 0) is 14.3 Å². The van der Waals surface area contributed by atoms with E-state index in [0.717, 1.165) is 12.8 Å². The second-order valence-electron chi connectivity index (χ2n) is 6.68. The largest absolute Gasteiger partial charge is 0.454 e. The van der Waals surface area contributed by atoms with Gasteiger partial charge in [0.25, 0.3) is 11.8 Å². The molecule has 0 saturated carbocycles. The molecule has 2 amide bonds. The highest BCUT2D eigenvalue weighted by molar-refractivity contribution is 6.36. The molecule has 1 aromatic rings. The highest BCUT2D eigenvalue weighted by Crippen LogP contribution is 2.21. The Morgan fingerprint density at radius 3 is 2.33 bits per heavy atom. The Bertz CT molecular complexity index is 680. The number of amides is 2. The van der Waals surface area contributed by atoms with E-state index in [1.54, 1.807) is 13.8 Å². The molecule has 0 aliphatic carbocycles. The van der Waals surface area contributed by atoms with Crippen molar-refractivity contribution in [1.29, 1.82) is 0 Å². The maximum absolute atomic E-state index is 12.4. The molecular formula is C19H26Cl2N2O4. The molecule has 0 spiro atoms. The van der Waals surface area contributed by atoms with Gasteiger partial charge in [-0.3, -0.25) is 9.59 Å². The van der Waals surface area contributed by atoms with E-state index in [9.17, 15) is 14.4 Å². The van der Waals surface area contributed by atoms with Crippen LogP contribution in [0.25, 0.3) is 0 Å². The maximum Gasteiger partial charge on any atom is 0.329 e. The number of hydrogen-bond donors (Lipinski definition) is 2. The normalized spacial score (nSPS) is 13.0. The van der Waals surface area contributed by atoms with Crippen LogP contribution in [0.5, 0.6) is 0 Å². The molecule has 0 aliphatic rings. The predicted molar refractivity (Wildman–Crippen MR) is 106 cm³/mol. The Kier molecular flexibility index (Phi) is 9.60. The number of benzene rings is 1. The van der Waals surface area contributed by atoms with E-state index in [4.69, 9.17) is 27.9 Å². The Labute approximate surface area is 169 Å². The molecule has 1 aromatic carbocycles. The van der Waals surface area contributed by atoms with Gasteiger partial charge in [-0.25, -0.2) is 4.79 Å². The van der Waals surface area contributed by atoms with Crippen molar-refractivity contribution in [2.75, 3.05) is 6.61 Å². The van der Waals surface area contributed by atoms with Crippen molar-refractivity contribution in [3.05, 3.63) is 33.8 Å². The summed E-state index contributed by atoms with van der Waals surface area (Å²) in [6, 6.07) is 3.56. The van der Waals surface area contributed by atoms with Crippen LogP contribution >= 0.6 is 23.2 Å². The number of nitrogens with one attached hydrogen (secondary N) is 2. The molecule has 0 aromatic heterocycles. The van der Waals surface area contributed by atoms with E-state index < -0.39 is 24.5 Å². The van der Waals surface area contributed by atoms with E-state index >= 15 is 0 Å². The fraction of sp³-hybridized carbons (Fsp3) is 0.526. The third-order valence-electron chi connectivity index (χ3n) is 3.86. The van der Waals surface area contributed by atoms with Gasteiger partial charge in [-0.05, 0) is 37.5 Å². The van der Waals surface area contributed by atoms with Crippen molar-refractivity contribution in [1.82, 2.24) is 10.6 Å². The van der Waals surface area contributed by atoms with Crippen LogP contribution in [0.2, 0.25) is 10.0 Å². The number of esters is 1. The molecule has 150 valence electrons. The Balaban J connectivity index is 2.68. The van der Waals surface area contributed by atoms with Gasteiger partial charge in [0.1, 0.15) is 6.04 Å². The summed E-state index contributed by atoms with van der Waals surface area (Å²) in [5, 5.41) is 5.94. The molecule has 8 heteroatoms. The summed E-state index contributed by atoms with van der Waals surface area (Å²) in [6.07, 6.45) is 1.78. The third kappa shape index (κ3) is 7.77. The Morgan fingerprint density at radius 2 is 1.78 bits per heavy atom. The minimum atomic E-state index is -0.912. The number of ether oxygens (including phenoxy) is 1. The second kappa shape index (κ2) is 11.1. The van der Waals surface area contributed by atoms with Crippen molar-refractivity contribution >= 4 is 41.0 Å². The van der Waals surface area contributed by atoms with Gasteiger partial charge < -0.3 is 15.4 Å². The van der Waals surface area contributed by atoms with Gasteiger partial charge in [-0.2, -0.15) is 0 Å². The van der Waals surface area contributed by atoms with Crippen molar-refractivity contribution in [2.45, 2.75) is 52.6 Å². The molecule has 0 heterocycles. The SMILES string of the molecule is CCC[C@@H](C)NC(=O)COC(=O)[C@@H](NC(=O)c1ccc(Cl)cc1Cl)C(C)C. The molecule has 1 rings (SSSR count). The van der Waals surface area contributed by atoms with Gasteiger partial charge in [0.05, 0.1) is 10.6 Å². The van der Waals surface area contributed by atoms with Gasteiger partial charge >= 0.3 is 5.97 Å². The average molecular weight is 417 g/mol. The molecule has 6 nitrogen and oxygen atoms in total. The van der Waals surface area contributed by atoms with Gasteiger partial charge in [0, 0.05) is 11.1 Å². The highest BCUT2D eigenvalue weighted by atomic mass is 35.5. The van der Waals surface area contributed by atoms with Crippen LogP contribution in [0.4, 0.5) is 0 Å². The van der Waals surface area contributed by atoms with Crippen LogP contribution < -0.4 is 10.6 Å². The quantitative estimate of drug-likeness (QED) is 0.602. The Morgan fingerprint density at radius 1 is 1.11 bits per heavy atom.